The number of benzene rings is 3. The molecule has 2 atom stereocenters. The van der Waals surface area contributed by atoms with Crippen LogP contribution in [0.3, 0.4) is 0 Å². The number of hydrogen-bond donors (Lipinski definition) is 7. The molecule has 0 bridgehead atoms. The van der Waals surface area contributed by atoms with E-state index in [1.165, 1.54) is 11.8 Å². The third kappa shape index (κ3) is 10.7. The normalized spacial score (nSPS) is 15.3. The molecule has 0 fully saturated rings. The molecule has 3 aromatic carbocycles. The number of hydrogen-bond acceptors (Lipinski definition) is 9. The molecule has 0 saturated heterocycles. The number of aliphatic hydroxyl groups excluding tert-OH is 3. The third-order valence-electron chi connectivity index (χ3n) is 7.83. The number of aliphatic hydroxyl groups is 3. The summed E-state index contributed by atoms with van der Waals surface area (Å²) in [5.74, 6) is -0.499. The first-order valence-electron chi connectivity index (χ1n) is 15.8. The van der Waals surface area contributed by atoms with Crippen LogP contribution < -0.4 is 21.3 Å². The number of nitrogens with zero attached hydrogens (tertiary/aromatic N) is 1. The standard InChI is InChI=1S/C35H45N5O6S2/c1-35(2,38-19-27(43)22-42)17-31(44)39-32-33(45)40(21-26-12-13-28(47-3)16-30(26)48-32)20-23-8-10-24(11-9-23)29-7-5-4-6-25(29)18-37-34(46)36-14-15-41/h4-13,16,27,32,38,41-43H,14-15,17-22H2,1-3H3,(H,39,44)(H2,36,37,46)/t27-,32+/m0/s1. The van der Waals surface area contributed by atoms with Gasteiger partial charge in [-0.2, -0.15) is 0 Å². The number of rotatable bonds is 15. The van der Waals surface area contributed by atoms with Gasteiger partial charge in [-0.3, -0.25) is 9.59 Å². The fraction of sp³-hybridized carbons (Fsp3) is 0.400. The molecule has 0 aromatic heterocycles. The molecule has 4 amide bonds. The number of β-amino-alcohol motifs (C(OH)–C–C–N with tert-alkyl or cyclic N) is 1. The molecule has 1 aliphatic heterocycles. The van der Waals surface area contributed by atoms with Gasteiger partial charge in [-0.15, -0.1) is 11.8 Å². The summed E-state index contributed by atoms with van der Waals surface area (Å²) < 4.78 is 0. The van der Waals surface area contributed by atoms with Crippen LogP contribution in [-0.2, 0) is 29.2 Å². The highest BCUT2D eigenvalue weighted by atomic mass is 32.2. The van der Waals surface area contributed by atoms with E-state index >= 15 is 0 Å². The van der Waals surface area contributed by atoms with Crippen molar-refractivity contribution < 1.29 is 29.7 Å². The smallest absolute Gasteiger partial charge is 0.315 e. The van der Waals surface area contributed by atoms with E-state index in [1.54, 1.807) is 16.7 Å². The van der Waals surface area contributed by atoms with Gasteiger partial charge in [0.15, 0.2) is 5.37 Å². The predicted molar refractivity (Wildman–Crippen MR) is 189 cm³/mol. The van der Waals surface area contributed by atoms with E-state index in [0.717, 1.165) is 37.6 Å². The summed E-state index contributed by atoms with van der Waals surface area (Å²) in [4.78, 5) is 43.0. The van der Waals surface area contributed by atoms with E-state index in [-0.39, 0.29) is 50.6 Å². The molecule has 0 aliphatic carbocycles. The number of thioether (sulfide) groups is 2. The lowest BCUT2D eigenvalue weighted by Crippen LogP contribution is -2.50. The van der Waals surface area contributed by atoms with Crippen LogP contribution in [0.1, 0.15) is 37.0 Å². The third-order valence-corrected chi connectivity index (χ3v) is 9.74. The molecule has 13 heteroatoms. The van der Waals surface area contributed by atoms with Gasteiger partial charge in [0.2, 0.25) is 5.91 Å². The maximum Gasteiger partial charge on any atom is 0.315 e. The van der Waals surface area contributed by atoms with Gasteiger partial charge in [0, 0.05) is 54.5 Å². The van der Waals surface area contributed by atoms with Gasteiger partial charge in [0.25, 0.3) is 5.91 Å². The lowest BCUT2D eigenvalue weighted by molar-refractivity contribution is -0.135. The van der Waals surface area contributed by atoms with E-state index in [4.69, 9.17) is 10.2 Å². The van der Waals surface area contributed by atoms with Crippen LogP contribution in [0.4, 0.5) is 4.79 Å². The van der Waals surface area contributed by atoms with Crippen LogP contribution in [-0.4, -0.2) is 87.6 Å². The summed E-state index contributed by atoms with van der Waals surface area (Å²) in [5.41, 5.74) is 4.13. The second-order valence-corrected chi connectivity index (χ2v) is 14.2. The quantitative estimate of drug-likeness (QED) is 0.119. The van der Waals surface area contributed by atoms with Crippen molar-refractivity contribution >= 4 is 41.4 Å². The van der Waals surface area contributed by atoms with Crippen molar-refractivity contribution in [1.82, 2.24) is 26.2 Å². The van der Waals surface area contributed by atoms with E-state index in [1.807, 2.05) is 80.8 Å². The molecule has 3 aromatic rings. The van der Waals surface area contributed by atoms with Crippen LogP contribution in [0.2, 0.25) is 0 Å². The highest BCUT2D eigenvalue weighted by Gasteiger charge is 2.33. The highest BCUT2D eigenvalue weighted by molar-refractivity contribution is 8.01. The molecule has 11 nitrogen and oxygen atoms in total. The van der Waals surface area contributed by atoms with Gasteiger partial charge in [-0.25, -0.2) is 4.79 Å². The number of urea groups is 1. The summed E-state index contributed by atoms with van der Waals surface area (Å²) in [7, 11) is 0. The first kappa shape index (κ1) is 37.2. The fourth-order valence-corrected chi connectivity index (χ4v) is 6.93. The first-order valence-corrected chi connectivity index (χ1v) is 17.9. The Bertz CT molecular complexity index is 1550. The Labute approximate surface area is 290 Å². The van der Waals surface area contributed by atoms with Crippen LogP contribution in [0.5, 0.6) is 0 Å². The Morgan fingerprint density at radius 1 is 1.06 bits per heavy atom. The molecule has 0 radical (unpaired) electrons. The fourth-order valence-electron chi connectivity index (χ4n) is 5.25. The van der Waals surface area contributed by atoms with Crippen molar-refractivity contribution in [1.29, 1.82) is 0 Å². The predicted octanol–water partition coefficient (Wildman–Crippen LogP) is 3.06. The van der Waals surface area contributed by atoms with E-state index in [2.05, 4.69) is 27.3 Å². The summed E-state index contributed by atoms with van der Waals surface area (Å²) in [5, 5.41) is 38.4. The van der Waals surface area contributed by atoms with Crippen molar-refractivity contribution in [2.24, 2.45) is 0 Å². The molecule has 0 unspecified atom stereocenters. The summed E-state index contributed by atoms with van der Waals surface area (Å²) in [6.45, 7) is 4.52. The van der Waals surface area contributed by atoms with Gasteiger partial charge in [0.1, 0.15) is 0 Å². The minimum absolute atomic E-state index is 0.0684. The second-order valence-electron chi connectivity index (χ2n) is 12.2. The zero-order chi connectivity index (χ0) is 34.7. The topological polar surface area (TPSA) is 163 Å². The van der Waals surface area contributed by atoms with E-state index < -0.39 is 17.0 Å². The molecule has 258 valence electrons. The lowest BCUT2D eigenvalue weighted by atomic mass is 9.98. The van der Waals surface area contributed by atoms with Crippen LogP contribution in [0, 0.1) is 0 Å². The van der Waals surface area contributed by atoms with Crippen LogP contribution in [0.15, 0.2) is 76.5 Å². The number of fused-ring (bicyclic) bond motifs is 1. The monoisotopic (exact) mass is 695 g/mol. The Morgan fingerprint density at radius 3 is 2.52 bits per heavy atom. The lowest BCUT2D eigenvalue weighted by Gasteiger charge is -2.29. The van der Waals surface area contributed by atoms with Gasteiger partial charge in [-0.1, -0.05) is 66.4 Å². The first-order chi connectivity index (χ1) is 23.0. The minimum atomic E-state index is -0.932. The Balaban J connectivity index is 1.50. The largest absolute Gasteiger partial charge is 0.395 e. The Morgan fingerprint density at radius 2 is 1.81 bits per heavy atom. The summed E-state index contributed by atoms with van der Waals surface area (Å²) in [6.07, 6.45) is 1.13. The number of amides is 4. The number of carbonyl (C=O) groups excluding carboxylic acids is 3. The van der Waals surface area contributed by atoms with Gasteiger partial charge in [0.05, 0.1) is 19.3 Å². The summed E-state index contributed by atoms with van der Waals surface area (Å²) >= 11 is 2.96. The molecule has 48 heavy (non-hydrogen) atoms. The van der Waals surface area contributed by atoms with Crippen LogP contribution in [0.25, 0.3) is 11.1 Å². The van der Waals surface area contributed by atoms with Gasteiger partial charge in [-0.05, 0) is 60.1 Å². The maximum atomic E-state index is 14.0. The van der Waals surface area contributed by atoms with E-state index in [9.17, 15) is 19.5 Å². The summed E-state index contributed by atoms with van der Waals surface area (Å²) in [6, 6.07) is 21.5. The van der Waals surface area contributed by atoms with Crippen molar-refractivity contribution in [2.75, 3.05) is 32.6 Å². The van der Waals surface area contributed by atoms with Gasteiger partial charge < -0.3 is 41.5 Å². The average molecular weight is 696 g/mol. The molecule has 4 rings (SSSR count). The Hall–Kier alpha value is -3.59. The molecule has 0 saturated carbocycles. The number of nitrogens with one attached hydrogen (secondary N) is 4. The molecular weight excluding hydrogens is 651 g/mol. The van der Waals surface area contributed by atoms with Crippen molar-refractivity contribution in [3.63, 3.8) is 0 Å². The average Bonchev–Trinajstić information content (AvgIpc) is 3.20. The Kier molecular flexibility index (Phi) is 13.7. The van der Waals surface area contributed by atoms with Gasteiger partial charge >= 0.3 is 6.03 Å². The second kappa shape index (κ2) is 17.7. The molecule has 1 aliphatic rings. The molecule has 7 N–H and O–H groups in total. The molecule has 1 heterocycles. The molecular formula is C35H45N5O6S2. The molecule has 0 spiro atoms. The van der Waals surface area contributed by atoms with Crippen molar-refractivity contribution in [2.45, 2.75) is 66.7 Å². The zero-order valence-corrected chi connectivity index (χ0v) is 29.1. The van der Waals surface area contributed by atoms with Crippen molar-refractivity contribution in [3.05, 3.63) is 83.4 Å². The van der Waals surface area contributed by atoms with Crippen LogP contribution >= 0.6 is 23.5 Å². The van der Waals surface area contributed by atoms with Crippen molar-refractivity contribution in [3.8, 4) is 11.1 Å². The van der Waals surface area contributed by atoms with E-state index in [0.29, 0.717) is 19.6 Å². The minimum Gasteiger partial charge on any atom is -0.395 e. The number of carbonyl (C=O) groups is 3. The highest BCUT2D eigenvalue weighted by Crippen LogP contribution is 2.35. The zero-order valence-electron chi connectivity index (χ0n) is 27.5. The SMILES string of the molecule is CSc1ccc2c(c1)S[C@@H](NC(=O)CC(C)(C)NC[C@H](O)CO)C(=O)N(Cc1ccc(-c3ccccc3CNC(=O)NCCO)cc1)C2. The maximum absolute atomic E-state index is 14.0.